The number of halogens is 4. The second-order valence-corrected chi connectivity index (χ2v) is 4.83. The highest BCUT2D eigenvalue weighted by Gasteiger charge is 2.42. The largest absolute Gasteiger partial charge is 0.393 e. The van der Waals surface area contributed by atoms with Crippen molar-refractivity contribution in [3.8, 4) is 0 Å². The van der Waals surface area contributed by atoms with E-state index < -0.39 is 18.0 Å². The highest BCUT2D eigenvalue weighted by molar-refractivity contribution is 6.32. The maximum absolute atomic E-state index is 12.7. The number of nitrogens with zero attached hydrogens (tertiary/aromatic N) is 2. The molecule has 2 heterocycles. The first-order valence-electron chi connectivity index (χ1n) is 5.86. The lowest BCUT2D eigenvalue weighted by Gasteiger charge is -2.33. The molecular weight excluding hydrogens is 281 g/mol. The molecule has 1 aromatic rings. The van der Waals surface area contributed by atoms with Gasteiger partial charge in [0, 0.05) is 19.3 Å². The second kappa shape index (κ2) is 5.36. The molecule has 1 aromatic heterocycles. The first kappa shape index (κ1) is 14.1. The van der Waals surface area contributed by atoms with Gasteiger partial charge in [0.1, 0.15) is 5.15 Å². The topological polar surface area (TPSA) is 33.2 Å². The normalized spacial score (nSPS) is 20.4. The molecule has 1 fully saturated rings. The lowest BCUT2D eigenvalue weighted by Crippen LogP contribution is -2.44. The minimum atomic E-state index is -4.27. The molecule has 0 bridgehead atoms. The van der Waals surface area contributed by atoms with E-state index in [9.17, 15) is 18.0 Å². The SMILES string of the molecule is O=C(c1cccnc1Cl)N1CCCC(C(F)(F)F)C1. The highest BCUT2D eigenvalue weighted by atomic mass is 35.5. The Labute approximate surface area is 113 Å². The van der Waals surface area contributed by atoms with Gasteiger partial charge in [-0.3, -0.25) is 4.79 Å². The maximum atomic E-state index is 12.7. The Balaban J connectivity index is 2.14. The Kier molecular flexibility index (Phi) is 3.99. The van der Waals surface area contributed by atoms with Gasteiger partial charge in [0.25, 0.3) is 5.91 Å². The standard InChI is InChI=1S/C12H12ClF3N2O/c13-10-9(4-1-5-17-10)11(19)18-6-2-3-8(7-18)12(14,15)16/h1,4-5,8H,2-3,6-7H2. The number of carbonyl (C=O) groups excluding carboxylic acids is 1. The molecule has 1 saturated heterocycles. The summed E-state index contributed by atoms with van der Waals surface area (Å²) in [5.41, 5.74) is 0.145. The number of rotatable bonds is 1. The molecule has 1 aliphatic rings. The van der Waals surface area contributed by atoms with E-state index in [0.717, 1.165) is 0 Å². The monoisotopic (exact) mass is 292 g/mol. The number of alkyl halides is 3. The number of pyridine rings is 1. The number of carbonyl (C=O) groups is 1. The molecule has 3 nitrogen and oxygen atoms in total. The van der Waals surface area contributed by atoms with Crippen LogP contribution in [-0.2, 0) is 0 Å². The molecule has 0 aliphatic carbocycles. The Morgan fingerprint density at radius 2 is 2.21 bits per heavy atom. The summed E-state index contributed by atoms with van der Waals surface area (Å²) in [6.07, 6.45) is -2.44. The van der Waals surface area contributed by atoms with Gasteiger partial charge in [0.2, 0.25) is 0 Å². The molecule has 0 saturated carbocycles. The zero-order chi connectivity index (χ0) is 14.0. The number of likely N-dealkylation sites (tertiary alicyclic amines) is 1. The highest BCUT2D eigenvalue weighted by Crippen LogP contribution is 2.33. The number of hydrogen-bond donors (Lipinski definition) is 0. The summed E-state index contributed by atoms with van der Waals surface area (Å²) in [6, 6.07) is 3.00. The van der Waals surface area contributed by atoms with Crippen LogP contribution >= 0.6 is 11.6 Å². The van der Waals surface area contributed by atoms with E-state index >= 15 is 0 Å². The third kappa shape index (κ3) is 3.18. The van der Waals surface area contributed by atoms with E-state index in [1.165, 1.54) is 23.2 Å². The quantitative estimate of drug-likeness (QED) is 0.745. The fourth-order valence-corrected chi connectivity index (χ4v) is 2.34. The van der Waals surface area contributed by atoms with E-state index in [4.69, 9.17) is 11.6 Å². The molecule has 1 unspecified atom stereocenters. The zero-order valence-electron chi connectivity index (χ0n) is 9.95. The average Bonchev–Trinajstić information content (AvgIpc) is 2.38. The van der Waals surface area contributed by atoms with E-state index in [0.29, 0.717) is 13.0 Å². The van der Waals surface area contributed by atoms with Crippen LogP contribution in [0.5, 0.6) is 0 Å². The van der Waals surface area contributed by atoms with Crippen molar-refractivity contribution in [3.05, 3.63) is 29.0 Å². The molecule has 1 aliphatic heterocycles. The first-order valence-corrected chi connectivity index (χ1v) is 6.24. The van der Waals surface area contributed by atoms with Gasteiger partial charge in [-0.1, -0.05) is 11.6 Å². The van der Waals surface area contributed by atoms with E-state index in [1.807, 2.05) is 0 Å². The smallest absolute Gasteiger partial charge is 0.338 e. The minimum absolute atomic E-state index is 0.0154. The fourth-order valence-electron chi connectivity index (χ4n) is 2.14. The molecule has 2 rings (SSSR count). The number of amides is 1. The van der Waals surface area contributed by atoms with E-state index in [1.54, 1.807) is 0 Å². The van der Waals surface area contributed by atoms with Gasteiger partial charge in [-0.25, -0.2) is 4.98 Å². The molecule has 1 atom stereocenters. The Bertz CT molecular complexity index is 478. The van der Waals surface area contributed by atoms with Crippen LogP contribution in [0, 0.1) is 5.92 Å². The van der Waals surface area contributed by atoms with Gasteiger partial charge >= 0.3 is 6.18 Å². The molecule has 7 heteroatoms. The summed E-state index contributed by atoms with van der Waals surface area (Å²) in [4.78, 5) is 17.1. The molecular formula is C12H12ClF3N2O. The van der Waals surface area contributed by atoms with Gasteiger partial charge in [-0.2, -0.15) is 13.2 Å². The van der Waals surface area contributed by atoms with Crippen LogP contribution < -0.4 is 0 Å². The van der Waals surface area contributed by atoms with Gasteiger partial charge in [0.05, 0.1) is 11.5 Å². The van der Waals surface area contributed by atoms with E-state index in [2.05, 4.69) is 4.98 Å². The van der Waals surface area contributed by atoms with Crippen molar-refractivity contribution < 1.29 is 18.0 Å². The number of aromatic nitrogens is 1. The number of hydrogen-bond acceptors (Lipinski definition) is 2. The summed E-state index contributed by atoms with van der Waals surface area (Å²) in [5.74, 6) is -1.95. The van der Waals surface area contributed by atoms with Gasteiger partial charge in [-0.05, 0) is 25.0 Å². The van der Waals surface area contributed by atoms with Crippen LogP contribution in [0.4, 0.5) is 13.2 Å². The third-order valence-corrected chi connectivity index (χ3v) is 3.46. The van der Waals surface area contributed by atoms with Crippen molar-refractivity contribution in [2.75, 3.05) is 13.1 Å². The van der Waals surface area contributed by atoms with Gasteiger partial charge in [-0.15, -0.1) is 0 Å². The maximum Gasteiger partial charge on any atom is 0.393 e. The summed E-state index contributed by atoms with van der Waals surface area (Å²) < 4.78 is 38.1. The second-order valence-electron chi connectivity index (χ2n) is 4.47. The third-order valence-electron chi connectivity index (χ3n) is 3.16. The summed E-state index contributed by atoms with van der Waals surface area (Å²) >= 11 is 5.78. The zero-order valence-corrected chi connectivity index (χ0v) is 10.7. The van der Waals surface area contributed by atoms with Crippen molar-refractivity contribution in [1.29, 1.82) is 0 Å². The van der Waals surface area contributed by atoms with Crippen LogP contribution in [0.2, 0.25) is 5.15 Å². The van der Waals surface area contributed by atoms with Crippen molar-refractivity contribution in [3.63, 3.8) is 0 Å². The minimum Gasteiger partial charge on any atom is -0.338 e. The Morgan fingerprint density at radius 3 is 2.84 bits per heavy atom. The average molecular weight is 293 g/mol. The molecule has 1 amide bonds. The van der Waals surface area contributed by atoms with Gasteiger partial charge < -0.3 is 4.90 Å². The van der Waals surface area contributed by atoms with Crippen LogP contribution in [0.25, 0.3) is 0 Å². The van der Waals surface area contributed by atoms with Crippen molar-refractivity contribution in [1.82, 2.24) is 9.88 Å². The number of piperidine rings is 1. The van der Waals surface area contributed by atoms with Crippen molar-refractivity contribution in [2.45, 2.75) is 19.0 Å². The predicted octanol–water partition coefficient (Wildman–Crippen LogP) is 3.15. The molecule has 19 heavy (non-hydrogen) atoms. The van der Waals surface area contributed by atoms with E-state index in [-0.39, 0.29) is 23.7 Å². The molecule has 0 aromatic carbocycles. The Morgan fingerprint density at radius 1 is 1.47 bits per heavy atom. The van der Waals surface area contributed by atoms with Crippen LogP contribution in [0.3, 0.4) is 0 Å². The predicted molar refractivity (Wildman–Crippen MR) is 63.9 cm³/mol. The molecule has 104 valence electrons. The van der Waals surface area contributed by atoms with Crippen molar-refractivity contribution >= 4 is 17.5 Å². The summed E-state index contributed by atoms with van der Waals surface area (Å²) in [5, 5.41) is 0.0154. The van der Waals surface area contributed by atoms with Crippen molar-refractivity contribution in [2.24, 2.45) is 5.92 Å². The summed E-state index contributed by atoms with van der Waals surface area (Å²) in [7, 11) is 0. The van der Waals surface area contributed by atoms with Crippen LogP contribution in [0.1, 0.15) is 23.2 Å². The summed E-state index contributed by atoms with van der Waals surface area (Å²) in [6.45, 7) is 0.00416. The van der Waals surface area contributed by atoms with Crippen LogP contribution in [-0.4, -0.2) is 35.1 Å². The molecule has 0 N–H and O–H groups in total. The fraction of sp³-hybridized carbons (Fsp3) is 0.500. The molecule has 0 spiro atoms. The van der Waals surface area contributed by atoms with Crippen LogP contribution in [0.15, 0.2) is 18.3 Å². The molecule has 0 radical (unpaired) electrons. The lowest BCUT2D eigenvalue weighted by atomic mass is 9.97. The first-order chi connectivity index (χ1) is 8.89. The lowest BCUT2D eigenvalue weighted by molar-refractivity contribution is -0.184. The van der Waals surface area contributed by atoms with Gasteiger partial charge in [0.15, 0.2) is 0 Å². The Hall–Kier alpha value is -1.30.